The number of nitrogens with zero attached hydrogens (tertiary/aromatic N) is 1. The van der Waals surface area contributed by atoms with E-state index in [2.05, 4.69) is 25.8 Å². The number of hydrogen-bond donors (Lipinski definition) is 0. The third-order valence-corrected chi connectivity index (χ3v) is 1.84. The van der Waals surface area contributed by atoms with E-state index in [0.717, 1.165) is 5.89 Å². The lowest BCUT2D eigenvalue weighted by molar-refractivity contribution is 0.400. The van der Waals surface area contributed by atoms with Crippen LogP contribution in [0.25, 0.3) is 0 Å². The molecule has 1 aromatic rings. The van der Waals surface area contributed by atoms with Crippen LogP contribution in [0.3, 0.4) is 0 Å². The number of oxazole rings is 1. The largest absolute Gasteiger partial charge is 0.449 e. The Bertz CT molecular complexity index is 179. The lowest BCUT2D eigenvalue weighted by Gasteiger charge is -2.09. The Labute approximate surface area is 61.3 Å². The zero-order valence-corrected chi connectivity index (χ0v) is 6.66. The zero-order valence-electron chi connectivity index (χ0n) is 6.66. The summed E-state index contributed by atoms with van der Waals surface area (Å²) in [5, 5.41) is 0. The summed E-state index contributed by atoms with van der Waals surface area (Å²) in [6.07, 6.45) is 3.31. The summed E-state index contributed by atoms with van der Waals surface area (Å²) >= 11 is 0. The summed E-state index contributed by atoms with van der Waals surface area (Å²) in [5.41, 5.74) is 0. The Morgan fingerprint density at radius 2 is 2.10 bits per heavy atom. The normalized spacial score (nSPS) is 14.0. The highest BCUT2D eigenvalue weighted by Crippen LogP contribution is 2.20. The van der Waals surface area contributed by atoms with E-state index < -0.39 is 0 Å². The fourth-order valence-electron chi connectivity index (χ4n) is 0.745. The molecule has 1 atom stereocenters. The van der Waals surface area contributed by atoms with Gasteiger partial charge < -0.3 is 4.42 Å². The summed E-state index contributed by atoms with van der Waals surface area (Å²) in [6.45, 7) is 6.44. The average molecular weight is 139 g/mol. The summed E-state index contributed by atoms with van der Waals surface area (Å²) in [4.78, 5) is 4.07. The van der Waals surface area contributed by atoms with Gasteiger partial charge in [-0.05, 0) is 5.92 Å². The van der Waals surface area contributed by atoms with Crippen LogP contribution >= 0.6 is 0 Å². The zero-order chi connectivity index (χ0) is 7.56. The van der Waals surface area contributed by atoms with Gasteiger partial charge in [0.05, 0.1) is 6.20 Å². The van der Waals surface area contributed by atoms with E-state index in [9.17, 15) is 0 Å². The molecule has 0 aliphatic rings. The Hall–Kier alpha value is -0.790. The first-order valence-electron chi connectivity index (χ1n) is 3.61. The average Bonchev–Trinajstić information content (AvgIpc) is 2.36. The molecule has 2 heteroatoms. The van der Waals surface area contributed by atoms with Crippen LogP contribution in [0.5, 0.6) is 0 Å². The van der Waals surface area contributed by atoms with Gasteiger partial charge in [-0.15, -0.1) is 0 Å². The molecule has 0 aliphatic carbocycles. The molecule has 0 fully saturated rings. The highest BCUT2D eigenvalue weighted by molar-refractivity contribution is 4.90. The van der Waals surface area contributed by atoms with Gasteiger partial charge in [0, 0.05) is 5.92 Å². The predicted octanol–water partition coefficient (Wildman–Crippen LogP) is 2.43. The van der Waals surface area contributed by atoms with Crippen molar-refractivity contribution in [1.82, 2.24) is 4.98 Å². The van der Waals surface area contributed by atoms with Gasteiger partial charge in [0.15, 0.2) is 5.89 Å². The van der Waals surface area contributed by atoms with Crippen LogP contribution in [0.2, 0.25) is 0 Å². The molecule has 0 amide bonds. The Kier molecular flexibility index (Phi) is 2.10. The first-order chi connectivity index (χ1) is 4.72. The molecular weight excluding hydrogens is 126 g/mol. The van der Waals surface area contributed by atoms with E-state index in [1.165, 1.54) is 0 Å². The Balaban J connectivity index is 2.68. The lowest BCUT2D eigenvalue weighted by Crippen LogP contribution is -2.01. The van der Waals surface area contributed by atoms with Crippen molar-refractivity contribution in [2.45, 2.75) is 26.7 Å². The van der Waals surface area contributed by atoms with Crippen LogP contribution in [0.4, 0.5) is 0 Å². The van der Waals surface area contributed by atoms with Crippen LogP contribution in [0.1, 0.15) is 32.6 Å². The third-order valence-electron chi connectivity index (χ3n) is 1.84. The van der Waals surface area contributed by atoms with Gasteiger partial charge in [-0.3, -0.25) is 0 Å². The smallest absolute Gasteiger partial charge is 0.197 e. The number of rotatable bonds is 2. The maximum Gasteiger partial charge on any atom is 0.197 e. The molecule has 1 rings (SSSR count). The van der Waals surface area contributed by atoms with Gasteiger partial charge >= 0.3 is 0 Å². The van der Waals surface area contributed by atoms with Gasteiger partial charge in [0.25, 0.3) is 0 Å². The summed E-state index contributed by atoms with van der Waals surface area (Å²) < 4.78 is 5.15. The van der Waals surface area contributed by atoms with E-state index >= 15 is 0 Å². The monoisotopic (exact) mass is 139 g/mol. The number of aromatic nitrogens is 1. The lowest BCUT2D eigenvalue weighted by atomic mass is 9.98. The second-order valence-electron chi connectivity index (χ2n) is 2.90. The maximum absolute atomic E-state index is 5.15. The van der Waals surface area contributed by atoms with E-state index in [1.807, 2.05) is 0 Å². The van der Waals surface area contributed by atoms with E-state index in [-0.39, 0.29) is 0 Å². The SMILES string of the molecule is CC(C)[C@H](C)c1ncco1. The summed E-state index contributed by atoms with van der Waals surface area (Å²) in [6, 6.07) is 0. The second kappa shape index (κ2) is 2.86. The summed E-state index contributed by atoms with van der Waals surface area (Å²) in [5.74, 6) is 1.86. The molecule has 0 saturated heterocycles. The van der Waals surface area contributed by atoms with Crippen LogP contribution in [0.15, 0.2) is 16.9 Å². The van der Waals surface area contributed by atoms with Gasteiger partial charge in [-0.2, -0.15) is 0 Å². The van der Waals surface area contributed by atoms with Gasteiger partial charge in [0.2, 0.25) is 0 Å². The van der Waals surface area contributed by atoms with Gasteiger partial charge in [0.1, 0.15) is 6.26 Å². The molecule has 2 nitrogen and oxygen atoms in total. The molecule has 0 radical (unpaired) electrons. The molecule has 0 N–H and O–H groups in total. The first-order valence-corrected chi connectivity index (χ1v) is 3.61. The van der Waals surface area contributed by atoms with Crippen LogP contribution in [0, 0.1) is 5.92 Å². The van der Waals surface area contributed by atoms with Crippen LogP contribution in [-0.2, 0) is 0 Å². The topological polar surface area (TPSA) is 26.0 Å². The van der Waals surface area contributed by atoms with Gasteiger partial charge in [-0.1, -0.05) is 20.8 Å². The number of hydrogen-bond acceptors (Lipinski definition) is 2. The molecule has 0 bridgehead atoms. The molecule has 0 spiro atoms. The van der Waals surface area contributed by atoms with Crippen molar-refractivity contribution in [3.8, 4) is 0 Å². The quantitative estimate of drug-likeness (QED) is 0.629. The van der Waals surface area contributed by atoms with E-state index in [1.54, 1.807) is 12.5 Å². The maximum atomic E-state index is 5.15. The third kappa shape index (κ3) is 1.38. The van der Waals surface area contributed by atoms with Crippen molar-refractivity contribution >= 4 is 0 Å². The minimum absolute atomic E-state index is 0.426. The minimum Gasteiger partial charge on any atom is -0.449 e. The summed E-state index contributed by atoms with van der Waals surface area (Å²) in [7, 11) is 0. The molecular formula is C8H13NO. The fourth-order valence-corrected chi connectivity index (χ4v) is 0.745. The molecule has 0 unspecified atom stereocenters. The molecule has 10 heavy (non-hydrogen) atoms. The van der Waals surface area contributed by atoms with Crippen molar-refractivity contribution < 1.29 is 4.42 Å². The van der Waals surface area contributed by atoms with Crippen molar-refractivity contribution in [3.05, 3.63) is 18.4 Å². The molecule has 1 aromatic heterocycles. The Morgan fingerprint density at radius 3 is 2.50 bits per heavy atom. The predicted molar refractivity (Wildman–Crippen MR) is 39.8 cm³/mol. The highest BCUT2D eigenvalue weighted by Gasteiger charge is 2.12. The minimum atomic E-state index is 0.426. The van der Waals surface area contributed by atoms with Crippen LogP contribution in [-0.4, -0.2) is 4.98 Å². The van der Waals surface area contributed by atoms with Crippen LogP contribution < -0.4 is 0 Å². The molecule has 0 aromatic carbocycles. The van der Waals surface area contributed by atoms with Crippen molar-refractivity contribution in [1.29, 1.82) is 0 Å². The van der Waals surface area contributed by atoms with Crippen molar-refractivity contribution in [2.75, 3.05) is 0 Å². The van der Waals surface area contributed by atoms with E-state index in [4.69, 9.17) is 4.42 Å². The molecule has 1 heterocycles. The first kappa shape index (κ1) is 7.32. The molecule has 0 saturated carbocycles. The highest BCUT2D eigenvalue weighted by atomic mass is 16.3. The van der Waals surface area contributed by atoms with Crippen molar-refractivity contribution in [3.63, 3.8) is 0 Å². The van der Waals surface area contributed by atoms with E-state index in [0.29, 0.717) is 11.8 Å². The molecule has 56 valence electrons. The second-order valence-corrected chi connectivity index (χ2v) is 2.90. The standard InChI is InChI=1S/C8H13NO/c1-6(2)7(3)8-9-4-5-10-8/h4-7H,1-3H3/t7-/m0/s1. The molecule has 0 aliphatic heterocycles. The Morgan fingerprint density at radius 1 is 1.40 bits per heavy atom. The van der Waals surface area contributed by atoms with Crippen molar-refractivity contribution in [2.24, 2.45) is 5.92 Å². The van der Waals surface area contributed by atoms with Gasteiger partial charge in [-0.25, -0.2) is 4.98 Å². The fraction of sp³-hybridized carbons (Fsp3) is 0.625.